The minimum atomic E-state index is -3.73. The third kappa shape index (κ3) is 5.62. The van der Waals surface area contributed by atoms with Crippen LogP contribution in [0.4, 0.5) is 0 Å². The van der Waals surface area contributed by atoms with Crippen molar-refractivity contribution in [3.05, 3.63) is 29.3 Å². The molecule has 3 N–H and O–H groups in total. The highest BCUT2D eigenvalue weighted by molar-refractivity contribution is 7.89. The molecule has 1 aliphatic rings. The number of benzene rings is 1. The van der Waals surface area contributed by atoms with Gasteiger partial charge in [0.1, 0.15) is 0 Å². The van der Waals surface area contributed by atoms with E-state index >= 15 is 0 Å². The fourth-order valence-corrected chi connectivity index (χ4v) is 4.22. The van der Waals surface area contributed by atoms with E-state index in [2.05, 4.69) is 4.72 Å². The van der Waals surface area contributed by atoms with Gasteiger partial charge in [-0.1, -0.05) is 11.6 Å². The Hall–Kier alpha value is -0.740. The van der Waals surface area contributed by atoms with Crippen LogP contribution in [0.3, 0.4) is 0 Å². The average molecular weight is 394 g/mol. The molecule has 25 heavy (non-hydrogen) atoms. The van der Waals surface area contributed by atoms with E-state index in [1.165, 1.54) is 24.3 Å². The molecule has 0 bridgehead atoms. The van der Waals surface area contributed by atoms with Crippen molar-refractivity contribution in [3.63, 3.8) is 0 Å². The van der Waals surface area contributed by atoms with Gasteiger partial charge in [-0.15, -0.1) is 0 Å². The van der Waals surface area contributed by atoms with Crippen LogP contribution in [0.15, 0.2) is 29.2 Å². The van der Waals surface area contributed by atoms with Gasteiger partial charge in [0, 0.05) is 24.1 Å². The van der Waals surface area contributed by atoms with Gasteiger partial charge in [-0.2, -0.15) is 0 Å². The minimum Gasteiger partial charge on any atom is -0.390 e. The maximum absolute atomic E-state index is 12.4. The van der Waals surface area contributed by atoms with Gasteiger partial charge in [0.15, 0.2) is 0 Å². The number of sulfonamides is 1. The number of hydrogen-bond acceptors (Lipinski definition) is 6. The first-order valence-corrected chi connectivity index (χ1v) is 9.82. The van der Waals surface area contributed by atoms with Gasteiger partial charge in [0.2, 0.25) is 10.0 Å². The quantitative estimate of drug-likeness (QED) is 0.535. The summed E-state index contributed by atoms with van der Waals surface area (Å²) in [5, 5.41) is 20.2. The molecule has 3 atom stereocenters. The summed E-state index contributed by atoms with van der Waals surface area (Å²) in [6.07, 6.45) is -1.29. The summed E-state index contributed by atoms with van der Waals surface area (Å²) in [6.45, 7) is 1.04. The molecule has 1 fully saturated rings. The molecule has 0 radical (unpaired) electrons. The number of halogens is 1. The molecule has 1 aromatic rings. The summed E-state index contributed by atoms with van der Waals surface area (Å²) in [5.41, 5.74) is -0.675. The normalized spacial score (nSPS) is 26.9. The summed E-state index contributed by atoms with van der Waals surface area (Å²) in [6, 6.07) is 5.85. The van der Waals surface area contributed by atoms with Crippen molar-refractivity contribution in [1.82, 2.24) is 4.72 Å². The summed E-state index contributed by atoms with van der Waals surface area (Å²) in [5.74, 6) is 0. The molecular weight excluding hydrogens is 370 g/mol. The molecule has 0 spiro atoms. The van der Waals surface area contributed by atoms with Crippen LogP contribution < -0.4 is 4.72 Å². The molecule has 0 aliphatic heterocycles. The van der Waals surface area contributed by atoms with Crippen LogP contribution in [-0.4, -0.2) is 64.3 Å². The first-order valence-electron chi connectivity index (χ1n) is 7.96. The van der Waals surface area contributed by atoms with Crippen molar-refractivity contribution in [3.8, 4) is 0 Å². The molecule has 2 rings (SSSR count). The van der Waals surface area contributed by atoms with Crippen molar-refractivity contribution < 1.29 is 28.1 Å². The lowest BCUT2D eigenvalue weighted by atomic mass is 9.87. The highest BCUT2D eigenvalue weighted by atomic mass is 35.5. The smallest absolute Gasteiger partial charge is 0.240 e. The van der Waals surface area contributed by atoms with Gasteiger partial charge in [0.25, 0.3) is 0 Å². The zero-order valence-electron chi connectivity index (χ0n) is 14.0. The number of hydrogen-bond donors (Lipinski definition) is 3. The number of nitrogens with one attached hydrogen (secondary N) is 1. The number of rotatable bonds is 9. The molecule has 0 amide bonds. The van der Waals surface area contributed by atoms with Crippen molar-refractivity contribution in [2.45, 2.75) is 29.9 Å². The SMILES string of the molecule is COCCOCC1(CNS(=O)(=O)c2ccc(Cl)cc2)C[C@@H](O)[C@@H](O)C1. The molecule has 142 valence electrons. The van der Waals surface area contributed by atoms with E-state index in [1.54, 1.807) is 7.11 Å². The molecule has 0 heterocycles. The maximum atomic E-state index is 12.4. The Morgan fingerprint density at radius 1 is 1.20 bits per heavy atom. The van der Waals surface area contributed by atoms with Crippen LogP contribution in [0.1, 0.15) is 12.8 Å². The summed E-state index contributed by atoms with van der Waals surface area (Å²) in [7, 11) is -2.17. The zero-order chi connectivity index (χ0) is 18.5. The molecule has 9 heteroatoms. The van der Waals surface area contributed by atoms with Crippen LogP contribution >= 0.6 is 11.6 Å². The topological polar surface area (TPSA) is 105 Å². The molecular formula is C16H24ClNO6S. The third-order valence-corrected chi connectivity index (χ3v) is 6.00. The highest BCUT2D eigenvalue weighted by Gasteiger charge is 2.45. The Balaban J connectivity index is 2.05. The van der Waals surface area contributed by atoms with Gasteiger partial charge < -0.3 is 19.7 Å². The lowest BCUT2D eigenvalue weighted by Gasteiger charge is -2.29. The molecule has 1 aliphatic carbocycles. The second-order valence-electron chi connectivity index (χ2n) is 6.37. The standard InChI is InChI=1S/C16H24ClNO6S/c1-23-6-7-24-11-16(8-14(19)15(20)9-16)10-18-25(21,22)13-4-2-12(17)3-5-13/h2-5,14-15,18-20H,6-11H2,1H3/t14-,15+,16?. The molecule has 1 aromatic carbocycles. The van der Waals surface area contributed by atoms with Crippen LogP contribution in [-0.2, 0) is 19.5 Å². The van der Waals surface area contributed by atoms with Gasteiger partial charge in [0.05, 0.1) is 36.9 Å². The minimum absolute atomic E-state index is 0.0546. The summed E-state index contributed by atoms with van der Waals surface area (Å²) < 4.78 is 37.9. The van der Waals surface area contributed by atoms with E-state index in [-0.39, 0.29) is 30.9 Å². The lowest BCUT2D eigenvalue weighted by molar-refractivity contribution is 0.0132. The van der Waals surface area contributed by atoms with Crippen LogP contribution in [0, 0.1) is 5.41 Å². The monoisotopic (exact) mass is 393 g/mol. The Morgan fingerprint density at radius 3 is 2.36 bits per heavy atom. The second-order valence-corrected chi connectivity index (χ2v) is 8.57. The van der Waals surface area contributed by atoms with E-state index < -0.39 is 27.6 Å². The Labute approximate surface area is 153 Å². The van der Waals surface area contributed by atoms with E-state index in [0.29, 0.717) is 18.2 Å². The Kier molecular flexibility index (Phi) is 7.21. The van der Waals surface area contributed by atoms with Crippen LogP contribution in [0.25, 0.3) is 0 Å². The molecule has 7 nitrogen and oxygen atoms in total. The van der Waals surface area contributed by atoms with Gasteiger partial charge >= 0.3 is 0 Å². The van der Waals surface area contributed by atoms with Crippen molar-refractivity contribution in [1.29, 1.82) is 0 Å². The van der Waals surface area contributed by atoms with Gasteiger partial charge in [-0.25, -0.2) is 13.1 Å². The van der Waals surface area contributed by atoms with Crippen molar-refractivity contribution >= 4 is 21.6 Å². The van der Waals surface area contributed by atoms with E-state index in [9.17, 15) is 18.6 Å². The first-order chi connectivity index (χ1) is 11.8. The summed E-state index contributed by atoms with van der Waals surface area (Å²) in [4.78, 5) is 0.103. The van der Waals surface area contributed by atoms with E-state index in [1.807, 2.05) is 0 Å². The number of aliphatic hydroxyl groups is 2. The highest BCUT2D eigenvalue weighted by Crippen LogP contribution is 2.38. The fourth-order valence-electron chi connectivity index (χ4n) is 2.93. The van der Waals surface area contributed by atoms with Crippen LogP contribution in [0.5, 0.6) is 0 Å². The Bertz CT molecular complexity index is 641. The third-order valence-electron chi connectivity index (χ3n) is 4.33. The molecule has 1 saturated carbocycles. The van der Waals surface area contributed by atoms with Crippen molar-refractivity contribution in [2.75, 3.05) is 33.5 Å². The van der Waals surface area contributed by atoms with E-state index in [4.69, 9.17) is 21.1 Å². The summed E-state index contributed by atoms with van der Waals surface area (Å²) >= 11 is 5.78. The predicted octanol–water partition coefficient (Wildman–Crippen LogP) is 0.783. The van der Waals surface area contributed by atoms with Crippen LogP contribution in [0.2, 0.25) is 5.02 Å². The first kappa shape index (κ1) is 20.6. The number of aliphatic hydroxyl groups excluding tert-OH is 2. The van der Waals surface area contributed by atoms with Gasteiger partial charge in [-0.3, -0.25) is 0 Å². The molecule has 0 aromatic heterocycles. The number of ether oxygens (including phenoxy) is 2. The van der Waals surface area contributed by atoms with Crippen molar-refractivity contribution in [2.24, 2.45) is 5.41 Å². The molecule has 0 saturated heterocycles. The van der Waals surface area contributed by atoms with Gasteiger partial charge in [-0.05, 0) is 37.1 Å². The predicted molar refractivity (Wildman–Crippen MR) is 93.0 cm³/mol. The average Bonchev–Trinajstić information content (AvgIpc) is 2.85. The van der Waals surface area contributed by atoms with E-state index in [0.717, 1.165) is 0 Å². The maximum Gasteiger partial charge on any atom is 0.240 e. The largest absolute Gasteiger partial charge is 0.390 e. The number of methoxy groups -OCH3 is 1. The lowest BCUT2D eigenvalue weighted by Crippen LogP contribution is -2.40. The second kappa shape index (κ2) is 8.77. The fraction of sp³-hybridized carbons (Fsp3) is 0.625. The Morgan fingerprint density at radius 2 is 1.80 bits per heavy atom. The zero-order valence-corrected chi connectivity index (χ0v) is 15.6. The molecule has 1 unspecified atom stereocenters.